The molecule has 0 unspecified atom stereocenters. The first-order valence-corrected chi connectivity index (χ1v) is 9.69. The number of rotatable bonds is 3. The highest BCUT2D eigenvalue weighted by atomic mass is 32.1. The van der Waals surface area contributed by atoms with Gasteiger partial charge in [0, 0.05) is 24.0 Å². The standard InChI is InChI=1S/C19H17F2N3O4S/c1-23-9-14(25)22-16-15(18(23)27)12-5-6-24(8-13(12)29-16)17(26)10-3-2-4-11(7-10)28-19(20)21/h2-4,7,19H,5-6,8-9H2,1H3,(H,22,25). The van der Waals surface area contributed by atoms with E-state index in [4.69, 9.17) is 0 Å². The van der Waals surface area contributed by atoms with E-state index in [0.717, 1.165) is 10.4 Å². The third-order valence-corrected chi connectivity index (χ3v) is 5.98. The van der Waals surface area contributed by atoms with Gasteiger partial charge in [-0.2, -0.15) is 8.78 Å². The Morgan fingerprint density at radius 1 is 1.28 bits per heavy atom. The van der Waals surface area contributed by atoms with Crippen LogP contribution < -0.4 is 10.1 Å². The number of anilines is 1. The molecule has 152 valence electrons. The summed E-state index contributed by atoms with van der Waals surface area (Å²) in [5.41, 5.74) is 1.59. The second-order valence-electron chi connectivity index (χ2n) is 6.80. The summed E-state index contributed by atoms with van der Waals surface area (Å²) in [4.78, 5) is 41.3. The average Bonchev–Trinajstić information content (AvgIpc) is 2.98. The van der Waals surface area contributed by atoms with Crippen LogP contribution in [-0.2, 0) is 17.8 Å². The van der Waals surface area contributed by atoms with Crippen LogP contribution in [0.15, 0.2) is 24.3 Å². The van der Waals surface area contributed by atoms with Gasteiger partial charge in [-0.1, -0.05) is 6.07 Å². The summed E-state index contributed by atoms with van der Waals surface area (Å²) in [6, 6.07) is 5.67. The van der Waals surface area contributed by atoms with Gasteiger partial charge in [-0.05, 0) is 30.2 Å². The minimum absolute atomic E-state index is 0.00333. The van der Waals surface area contributed by atoms with Crippen LogP contribution in [0.2, 0.25) is 0 Å². The van der Waals surface area contributed by atoms with E-state index >= 15 is 0 Å². The molecule has 0 atom stereocenters. The zero-order valence-corrected chi connectivity index (χ0v) is 16.2. The second kappa shape index (κ2) is 7.43. The van der Waals surface area contributed by atoms with Crippen LogP contribution in [0.3, 0.4) is 0 Å². The van der Waals surface area contributed by atoms with E-state index in [-0.39, 0.29) is 42.1 Å². The van der Waals surface area contributed by atoms with E-state index in [0.29, 0.717) is 23.5 Å². The summed E-state index contributed by atoms with van der Waals surface area (Å²) in [6.07, 6.45) is 0.468. The molecule has 0 saturated carbocycles. The van der Waals surface area contributed by atoms with Crippen molar-refractivity contribution in [3.63, 3.8) is 0 Å². The molecule has 0 saturated heterocycles. The number of ether oxygens (including phenoxy) is 1. The van der Waals surface area contributed by atoms with Crippen molar-refractivity contribution >= 4 is 34.1 Å². The monoisotopic (exact) mass is 421 g/mol. The van der Waals surface area contributed by atoms with E-state index in [1.165, 1.54) is 34.4 Å². The van der Waals surface area contributed by atoms with Crippen molar-refractivity contribution in [2.75, 3.05) is 25.5 Å². The predicted molar refractivity (Wildman–Crippen MR) is 101 cm³/mol. The molecule has 1 aromatic heterocycles. The van der Waals surface area contributed by atoms with Gasteiger partial charge in [0.1, 0.15) is 10.8 Å². The lowest BCUT2D eigenvalue weighted by molar-refractivity contribution is -0.116. The molecule has 1 aromatic carbocycles. The summed E-state index contributed by atoms with van der Waals surface area (Å²) >= 11 is 1.29. The molecule has 29 heavy (non-hydrogen) atoms. The van der Waals surface area contributed by atoms with Crippen LogP contribution in [0.25, 0.3) is 0 Å². The molecule has 0 radical (unpaired) electrons. The number of nitrogens with zero attached hydrogens (tertiary/aromatic N) is 2. The predicted octanol–water partition coefficient (Wildman–Crippen LogP) is 2.57. The third kappa shape index (κ3) is 3.67. The van der Waals surface area contributed by atoms with Crippen LogP contribution in [0, 0.1) is 0 Å². The number of alkyl halides is 2. The number of fused-ring (bicyclic) bond motifs is 3. The van der Waals surface area contributed by atoms with E-state index in [2.05, 4.69) is 10.1 Å². The molecule has 4 rings (SSSR count). The van der Waals surface area contributed by atoms with Gasteiger partial charge in [-0.15, -0.1) is 11.3 Å². The van der Waals surface area contributed by atoms with Crippen molar-refractivity contribution in [3.05, 3.63) is 45.8 Å². The molecule has 0 aliphatic carbocycles. The van der Waals surface area contributed by atoms with Crippen molar-refractivity contribution < 1.29 is 27.9 Å². The van der Waals surface area contributed by atoms with Crippen LogP contribution in [0.4, 0.5) is 13.8 Å². The van der Waals surface area contributed by atoms with Crippen LogP contribution >= 0.6 is 11.3 Å². The fourth-order valence-electron chi connectivity index (χ4n) is 3.52. The zero-order valence-electron chi connectivity index (χ0n) is 15.4. The van der Waals surface area contributed by atoms with E-state index in [9.17, 15) is 23.2 Å². The molecule has 2 aliphatic rings. The molecule has 3 heterocycles. The summed E-state index contributed by atoms with van der Waals surface area (Å²) in [6.45, 7) is -2.32. The van der Waals surface area contributed by atoms with Crippen molar-refractivity contribution in [3.8, 4) is 5.75 Å². The molecule has 1 N–H and O–H groups in total. The molecule has 0 spiro atoms. The molecular weight excluding hydrogens is 404 g/mol. The Balaban J connectivity index is 1.59. The Bertz CT molecular complexity index is 1010. The first kappa shape index (κ1) is 19.3. The van der Waals surface area contributed by atoms with Gasteiger partial charge >= 0.3 is 6.61 Å². The largest absolute Gasteiger partial charge is 0.435 e. The smallest absolute Gasteiger partial charge is 0.387 e. The average molecular weight is 421 g/mol. The first-order chi connectivity index (χ1) is 13.8. The van der Waals surface area contributed by atoms with Crippen LogP contribution in [0.1, 0.15) is 31.2 Å². The first-order valence-electron chi connectivity index (χ1n) is 8.87. The molecule has 0 fully saturated rings. The molecule has 2 aliphatic heterocycles. The van der Waals surface area contributed by atoms with Crippen LogP contribution in [0.5, 0.6) is 5.75 Å². The fourth-order valence-corrected chi connectivity index (χ4v) is 4.79. The van der Waals surface area contributed by atoms with Gasteiger partial charge in [-0.25, -0.2) is 0 Å². The summed E-state index contributed by atoms with van der Waals surface area (Å²) in [7, 11) is 1.58. The van der Waals surface area contributed by atoms with Gasteiger partial charge in [0.15, 0.2) is 0 Å². The maximum absolute atomic E-state index is 12.9. The second-order valence-corrected chi connectivity index (χ2v) is 7.91. The zero-order chi connectivity index (χ0) is 20.7. The summed E-state index contributed by atoms with van der Waals surface area (Å²) < 4.78 is 29.2. The lowest BCUT2D eigenvalue weighted by Crippen LogP contribution is -2.36. The SMILES string of the molecule is CN1CC(=O)Nc2sc3c(c2C1=O)CCN(C(=O)c1cccc(OC(F)F)c1)C3. The topological polar surface area (TPSA) is 79.0 Å². The highest BCUT2D eigenvalue weighted by molar-refractivity contribution is 7.17. The molecule has 2 aromatic rings. The molecule has 10 heteroatoms. The van der Waals surface area contributed by atoms with Crippen molar-refractivity contribution in [1.82, 2.24) is 9.80 Å². The number of likely N-dealkylation sites (N-methyl/N-ethyl adjacent to an activating group) is 1. The van der Waals surface area contributed by atoms with Gasteiger partial charge in [-0.3, -0.25) is 14.4 Å². The van der Waals surface area contributed by atoms with Gasteiger partial charge in [0.05, 0.1) is 18.7 Å². The lowest BCUT2D eigenvalue weighted by Gasteiger charge is -2.27. The maximum Gasteiger partial charge on any atom is 0.387 e. The third-order valence-electron chi connectivity index (χ3n) is 4.84. The number of thiophene rings is 1. The summed E-state index contributed by atoms with van der Waals surface area (Å²) in [5.74, 6) is -0.872. The Hall–Kier alpha value is -3.01. The Labute approximate surface area is 168 Å². The number of hydrogen-bond donors (Lipinski definition) is 1. The van der Waals surface area contributed by atoms with Crippen molar-refractivity contribution in [2.45, 2.75) is 19.6 Å². The highest BCUT2D eigenvalue weighted by Gasteiger charge is 2.34. The Kier molecular flexibility index (Phi) is 4.95. The fraction of sp³-hybridized carbons (Fsp3) is 0.316. The Morgan fingerprint density at radius 2 is 2.07 bits per heavy atom. The maximum atomic E-state index is 12.9. The quantitative estimate of drug-likeness (QED) is 0.826. The van der Waals surface area contributed by atoms with E-state index < -0.39 is 6.61 Å². The summed E-state index contributed by atoms with van der Waals surface area (Å²) in [5, 5.41) is 3.28. The van der Waals surface area contributed by atoms with Gasteiger partial charge in [0.2, 0.25) is 5.91 Å². The number of amides is 3. The number of benzene rings is 1. The normalized spacial score (nSPS) is 16.3. The van der Waals surface area contributed by atoms with Crippen LogP contribution in [-0.4, -0.2) is 54.3 Å². The molecule has 3 amide bonds. The minimum atomic E-state index is -2.97. The molecule has 0 bridgehead atoms. The number of carbonyl (C=O) groups excluding carboxylic acids is 3. The van der Waals surface area contributed by atoms with Crippen molar-refractivity contribution in [1.29, 1.82) is 0 Å². The van der Waals surface area contributed by atoms with E-state index in [1.54, 1.807) is 18.0 Å². The Morgan fingerprint density at radius 3 is 2.83 bits per heavy atom. The number of halogens is 2. The number of hydrogen-bond acceptors (Lipinski definition) is 5. The minimum Gasteiger partial charge on any atom is -0.435 e. The highest BCUT2D eigenvalue weighted by Crippen LogP contribution is 2.39. The van der Waals surface area contributed by atoms with Crippen molar-refractivity contribution in [2.24, 2.45) is 0 Å². The van der Waals surface area contributed by atoms with Gasteiger partial charge < -0.3 is 19.9 Å². The van der Waals surface area contributed by atoms with E-state index in [1.807, 2.05) is 0 Å². The number of nitrogens with one attached hydrogen (secondary N) is 1. The molecule has 7 nitrogen and oxygen atoms in total. The number of carbonyl (C=O) groups is 3. The van der Waals surface area contributed by atoms with Gasteiger partial charge in [0.25, 0.3) is 11.8 Å². The lowest BCUT2D eigenvalue weighted by atomic mass is 10.0. The molecular formula is C19H17F2N3O4S.